The maximum Gasteiger partial charge on any atom is 0.254 e. The number of benzene rings is 1. The molecule has 0 aromatic heterocycles. The van der Waals surface area contributed by atoms with E-state index in [0.29, 0.717) is 0 Å². The summed E-state index contributed by atoms with van der Waals surface area (Å²) in [4.78, 5) is 14.5. The van der Waals surface area contributed by atoms with Crippen molar-refractivity contribution in [2.45, 2.75) is 26.2 Å². The Morgan fingerprint density at radius 2 is 2.10 bits per heavy atom. The van der Waals surface area contributed by atoms with Gasteiger partial charge in [0, 0.05) is 17.6 Å². The van der Waals surface area contributed by atoms with Crippen molar-refractivity contribution in [3.05, 3.63) is 33.8 Å². The monoisotopic (exact) mass is 338 g/mol. The molecule has 1 amide bonds. The van der Waals surface area contributed by atoms with Gasteiger partial charge in [0.25, 0.3) is 5.91 Å². The van der Waals surface area contributed by atoms with E-state index in [0.717, 1.165) is 48.4 Å². The molecule has 0 radical (unpaired) electrons. The van der Waals surface area contributed by atoms with Crippen molar-refractivity contribution in [1.29, 1.82) is 0 Å². The second-order valence-electron chi connectivity index (χ2n) is 5.61. The van der Waals surface area contributed by atoms with E-state index in [2.05, 4.69) is 21.2 Å². The standard InChI is InChI=1S/C16H23BrN2O/c1-12-3-4-14(15(17)11-12)16(20)19-9-6-13(7-10-19)5-8-18-2/h3-4,11,13,18H,5-10H2,1-2H3. The largest absolute Gasteiger partial charge is 0.339 e. The third-order valence-corrected chi connectivity index (χ3v) is 4.72. The van der Waals surface area contributed by atoms with Crippen LogP contribution in [0.3, 0.4) is 0 Å². The molecular weight excluding hydrogens is 316 g/mol. The number of carbonyl (C=O) groups is 1. The fraction of sp³-hybridized carbons (Fsp3) is 0.562. The summed E-state index contributed by atoms with van der Waals surface area (Å²) in [6.07, 6.45) is 3.46. The number of piperidine rings is 1. The van der Waals surface area contributed by atoms with Crippen LogP contribution in [0.4, 0.5) is 0 Å². The molecule has 1 fully saturated rings. The summed E-state index contributed by atoms with van der Waals surface area (Å²) in [6.45, 7) is 4.87. The predicted octanol–water partition coefficient (Wildman–Crippen LogP) is 3.22. The van der Waals surface area contributed by atoms with Gasteiger partial charge in [-0.1, -0.05) is 6.07 Å². The molecule has 1 aliphatic rings. The molecule has 0 aliphatic carbocycles. The Morgan fingerprint density at radius 1 is 1.40 bits per heavy atom. The Hall–Kier alpha value is -0.870. The molecule has 0 spiro atoms. The molecule has 0 unspecified atom stereocenters. The number of nitrogens with one attached hydrogen (secondary N) is 1. The van der Waals surface area contributed by atoms with Crippen molar-refractivity contribution >= 4 is 21.8 Å². The second-order valence-corrected chi connectivity index (χ2v) is 6.47. The zero-order valence-corrected chi connectivity index (χ0v) is 13.9. The highest BCUT2D eigenvalue weighted by atomic mass is 79.9. The SMILES string of the molecule is CNCCC1CCN(C(=O)c2ccc(C)cc2Br)CC1. The van der Waals surface area contributed by atoms with Gasteiger partial charge in [0.1, 0.15) is 0 Å². The number of amides is 1. The van der Waals surface area contributed by atoms with Gasteiger partial charge in [-0.05, 0) is 79.3 Å². The van der Waals surface area contributed by atoms with Crippen LogP contribution in [-0.4, -0.2) is 37.5 Å². The van der Waals surface area contributed by atoms with E-state index in [9.17, 15) is 4.79 Å². The fourth-order valence-electron chi connectivity index (χ4n) is 2.74. The normalized spacial score (nSPS) is 16.4. The molecule has 3 nitrogen and oxygen atoms in total. The van der Waals surface area contributed by atoms with Crippen molar-refractivity contribution in [3.8, 4) is 0 Å². The smallest absolute Gasteiger partial charge is 0.254 e. The molecule has 0 atom stereocenters. The highest BCUT2D eigenvalue weighted by molar-refractivity contribution is 9.10. The molecular formula is C16H23BrN2O. The average molecular weight is 339 g/mol. The number of nitrogens with zero attached hydrogens (tertiary/aromatic N) is 1. The van der Waals surface area contributed by atoms with Gasteiger partial charge in [-0.2, -0.15) is 0 Å². The van der Waals surface area contributed by atoms with Crippen molar-refractivity contribution in [2.75, 3.05) is 26.7 Å². The minimum atomic E-state index is 0.156. The Bertz CT molecular complexity index is 468. The van der Waals surface area contributed by atoms with Crippen LogP contribution < -0.4 is 5.32 Å². The Balaban J connectivity index is 1.94. The maximum atomic E-state index is 12.5. The van der Waals surface area contributed by atoms with Gasteiger partial charge < -0.3 is 10.2 Å². The van der Waals surface area contributed by atoms with Crippen LogP contribution in [0.2, 0.25) is 0 Å². The molecule has 110 valence electrons. The highest BCUT2D eigenvalue weighted by Gasteiger charge is 2.24. The van der Waals surface area contributed by atoms with Crippen molar-refractivity contribution in [1.82, 2.24) is 10.2 Å². The first kappa shape index (κ1) is 15.5. The van der Waals surface area contributed by atoms with Crippen molar-refractivity contribution < 1.29 is 4.79 Å². The number of likely N-dealkylation sites (tertiary alicyclic amines) is 1. The van der Waals surface area contributed by atoms with Gasteiger partial charge in [0.05, 0.1) is 5.56 Å². The van der Waals surface area contributed by atoms with Gasteiger partial charge in [-0.15, -0.1) is 0 Å². The lowest BCUT2D eigenvalue weighted by atomic mass is 9.93. The van der Waals surface area contributed by atoms with E-state index < -0.39 is 0 Å². The topological polar surface area (TPSA) is 32.3 Å². The molecule has 1 aromatic rings. The average Bonchev–Trinajstić information content (AvgIpc) is 2.45. The Labute approximate surface area is 129 Å². The van der Waals surface area contributed by atoms with Crippen LogP contribution in [0.1, 0.15) is 35.2 Å². The van der Waals surface area contributed by atoms with Gasteiger partial charge in [-0.3, -0.25) is 4.79 Å². The van der Waals surface area contributed by atoms with Crippen LogP contribution in [0, 0.1) is 12.8 Å². The zero-order valence-electron chi connectivity index (χ0n) is 12.3. The van der Waals surface area contributed by atoms with Crippen LogP contribution in [0.25, 0.3) is 0 Å². The summed E-state index contributed by atoms with van der Waals surface area (Å²) >= 11 is 3.50. The fourth-order valence-corrected chi connectivity index (χ4v) is 3.40. The van der Waals surface area contributed by atoms with E-state index in [1.165, 1.54) is 12.0 Å². The molecule has 4 heteroatoms. The molecule has 0 saturated carbocycles. The minimum absolute atomic E-state index is 0.156. The quantitative estimate of drug-likeness (QED) is 0.914. The lowest BCUT2D eigenvalue weighted by molar-refractivity contribution is 0.0686. The molecule has 1 aromatic carbocycles. The van der Waals surface area contributed by atoms with Crippen molar-refractivity contribution in [3.63, 3.8) is 0 Å². The van der Waals surface area contributed by atoms with Gasteiger partial charge in [0.15, 0.2) is 0 Å². The van der Waals surface area contributed by atoms with Gasteiger partial charge in [0.2, 0.25) is 0 Å². The first-order valence-electron chi connectivity index (χ1n) is 7.32. The number of hydrogen-bond donors (Lipinski definition) is 1. The van der Waals surface area contributed by atoms with Crippen LogP contribution in [0.5, 0.6) is 0 Å². The molecule has 1 N–H and O–H groups in total. The summed E-state index contributed by atoms with van der Waals surface area (Å²) < 4.78 is 0.903. The van der Waals surface area contributed by atoms with Crippen LogP contribution >= 0.6 is 15.9 Å². The summed E-state index contributed by atoms with van der Waals surface area (Å²) in [5.74, 6) is 0.914. The van der Waals surface area contributed by atoms with Gasteiger partial charge in [-0.25, -0.2) is 0 Å². The van der Waals surface area contributed by atoms with E-state index in [1.54, 1.807) is 0 Å². The third-order valence-electron chi connectivity index (χ3n) is 4.06. The van der Waals surface area contributed by atoms with E-state index in [4.69, 9.17) is 0 Å². The lowest BCUT2D eigenvalue weighted by Crippen LogP contribution is -2.39. The lowest BCUT2D eigenvalue weighted by Gasteiger charge is -2.32. The molecule has 1 aliphatic heterocycles. The van der Waals surface area contributed by atoms with E-state index in [1.807, 2.05) is 37.1 Å². The predicted molar refractivity (Wildman–Crippen MR) is 86.1 cm³/mol. The number of halogens is 1. The number of carbonyl (C=O) groups excluding carboxylic acids is 1. The summed E-state index contributed by atoms with van der Waals surface area (Å²) in [5.41, 5.74) is 1.95. The Morgan fingerprint density at radius 3 is 2.70 bits per heavy atom. The van der Waals surface area contributed by atoms with E-state index >= 15 is 0 Å². The number of aryl methyl sites for hydroxylation is 1. The zero-order chi connectivity index (χ0) is 14.5. The number of rotatable bonds is 4. The molecule has 1 heterocycles. The summed E-state index contributed by atoms with van der Waals surface area (Å²) in [7, 11) is 1.99. The molecule has 2 rings (SSSR count). The van der Waals surface area contributed by atoms with Crippen LogP contribution in [-0.2, 0) is 0 Å². The Kier molecular flexibility index (Phi) is 5.61. The maximum absolute atomic E-state index is 12.5. The highest BCUT2D eigenvalue weighted by Crippen LogP contribution is 2.24. The number of hydrogen-bond acceptors (Lipinski definition) is 2. The molecule has 1 saturated heterocycles. The summed E-state index contributed by atoms with van der Waals surface area (Å²) in [6, 6.07) is 5.93. The first-order valence-corrected chi connectivity index (χ1v) is 8.11. The van der Waals surface area contributed by atoms with E-state index in [-0.39, 0.29) is 5.91 Å². The third kappa shape index (κ3) is 3.83. The first-order chi connectivity index (χ1) is 9.61. The van der Waals surface area contributed by atoms with Crippen LogP contribution in [0.15, 0.2) is 22.7 Å². The minimum Gasteiger partial charge on any atom is -0.339 e. The van der Waals surface area contributed by atoms with Gasteiger partial charge >= 0.3 is 0 Å². The molecule has 0 bridgehead atoms. The second kappa shape index (κ2) is 7.23. The van der Waals surface area contributed by atoms with Crippen molar-refractivity contribution in [2.24, 2.45) is 5.92 Å². The summed E-state index contributed by atoms with van der Waals surface area (Å²) in [5, 5.41) is 3.20. The molecule has 20 heavy (non-hydrogen) atoms.